The number of nitrogens with one attached hydrogen (secondary N) is 2. The molecular weight excluding hydrogens is 262 g/mol. The molecule has 0 saturated heterocycles. The molecule has 1 amide bonds. The second-order valence-electron chi connectivity index (χ2n) is 4.08. The summed E-state index contributed by atoms with van der Waals surface area (Å²) in [4.78, 5) is 23.2. The SMILES string of the molecule is COc1ccc(C(=O)O)c(NC(=O)c2cn[nH]c2C)c1. The molecule has 2 aromatic rings. The lowest BCUT2D eigenvalue weighted by Gasteiger charge is -2.10. The van der Waals surface area contributed by atoms with E-state index in [1.807, 2.05) is 0 Å². The molecule has 0 unspecified atom stereocenters. The average molecular weight is 275 g/mol. The molecule has 0 aliphatic carbocycles. The summed E-state index contributed by atoms with van der Waals surface area (Å²) in [5.41, 5.74) is 1.11. The molecule has 3 N–H and O–H groups in total. The highest BCUT2D eigenvalue weighted by Crippen LogP contribution is 2.23. The summed E-state index contributed by atoms with van der Waals surface area (Å²) < 4.78 is 5.02. The van der Waals surface area contributed by atoms with E-state index < -0.39 is 11.9 Å². The fraction of sp³-hybridized carbons (Fsp3) is 0.154. The molecule has 1 heterocycles. The Morgan fingerprint density at radius 1 is 1.35 bits per heavy atom. The van der Waals surface area contributed by atoms with E-state index in [4.69, 9.17) is 9.84 Å². The molecule has 0 aliphatic heterocycles. The largest absolute Gasteiger partial charge is 0.497 e. The molecular formula is C13H13N3O4. The summed E-state index contributed by atoms with van der Waals surface area (Å²) >= 11 is 0. The number of carboxylic acids is 1. The number of carboxylic acid groups (broad SMARTS) is 1. The summed E-state index contributed by atoms with van der Waals surface area (Å²) in [7, 11) is 1.46. The van der Waals surface area contributed by atoms with Gasteiger partial charge in [-0.25, -0.2) is 4.79 Å². The molecule has 7 nitrogen and oxygen atoms in total. The maximum atomic E-state index is 12.1. The lowest BCUT2D eigenvalue weighted by atomic mass is 10.1. The van der Waals surface area contributed by atoms with Crippen molar-refractivity contribution in [2.75, 3.05) is 12.4 Å². The van der Waals surface area contributed by atoms with Crippen LogP contribution in [0.3, 0.4) is 0 Å². The first-order valence-electron chi connectivity index (χ1n) is 5.75. The highest BCUT2D eigenvalue weighted by atomic mass is 16.5. The topological polar surface area (TPSA) is 104 Å². The first kappa shape index (κ1) is 13.6. The Bertz CT molecular complexity index is 663. The first-order valence-corrected chi connectivity index (χ1v) is 5.75. The average Bonchev–Trinajstić information content (AvgIpc) is 2.84. The number of amides is 1. The number of H-pyrrole nitrogens is 1. The van der Waals surface area contributed by atoms with E-state index in [1.165, 1.54) is 31.5 Å². The van der Waals surface area contributed by atoms with E-state index >= 15 is 0 Å². The lowest BCUT2D eigenvalue weighted by molar-refractivity contribution is 0.0698. The predicted molar refractivity (Wildman–Crippen MR) is 71.2 cm³/mol. The van der Waals surface area contributed by atoms with Gasteiger partial charge in [0.2, 0.25) is 0 Å². The van der Waals surface area contributed by atoms with Crippen LogP contribution in [0, 0.1) is 6.92 Å². The number of aromatic amines is 1. The number of aryl methyl sites for hydroxylation is 1. The van der Waals surface area contributed by atoms with E-state index in [2.05, 4.69) is 15.5 Å². The number of aromatic carboxylic acids is 1. The van der Waals surface area contributed by atoms with Gasteiger partial charge in [0, 0.05) is 11.8 Å². The van der Waals surface area contributed by atoms with Crippen molar-refractivity contribution in [2.45, 2.75) is 6.92 Å². The number of carbonyl (C=O) groups excluding carboxylic acids is 1. The van der Waals surface area contributed by atoms with E-state index in [-0.39, 0.29) is 11.3 Å². The Kier molecular flexibility index (Phi) is 3.69. The van der Waals surface area contributed by atoms with Crippen molar-refractivity contribution in [1.82, 2.24) is 10.2 Å². The van der Waals surface area contributed by atoms with Crippen LogP contribution in [0.4, 0.5) is 5.69 Å². The van der Waals surface area contributed by atoms with E-state index in [0.29, 0.717) is 17.0 Å². The van der Waals surface area contributed by atoms with Crippen LogP contribution >= 0.6 is 0 Å². The van der Waals surface area contributed by atoms with Crippen LogP contribution in [0.25, 0.3) is 0 Å². The molecule has 1 aromatic carbocycles. The molecule has 1 aromatic heterocycles. The van der Waals surface area contributed by atoms with Crippen molar-refractivity contribution >= 4 is 17.6 Å². The van der Waals surface area contributed by atoms with Gasteiger partial charge in [-0.05, 0) is 19.1 Å². The van der Waals surface area contributed by atoms with Gasteiger partial charge in [0.1, 0.15) is 5.75 Å². The molecule has 0 radical (unpaired) electrons. The fourth-order valence-corrected chi connectivity index (χ4v) is 1.71. The van der Waals surface area contributed by atoms with Gasteiger partial charge in [0.05, 0.1) is 30.1 Å². The van der Waals surface area contributed by atoms with E-state index in [0.717, 1.165) is 0 Å². The molecule has 0 aliphatic rings. The quantitative estimate of drug-likeness (QED) is 0.787. The van der Waals surface area contributed by atoms with Crippen LogP contribution in [-0.2, 0) is 0 Å². The predicted octanol–water partition coefficient (Wildman–Crippen LogP) is 1.68. The van der Waals surface area contributed by atoms with Crippen molar-refractivity contribution in [3.05, 3.63) is 41.2 Å². The zero-order chi connectivity index (χ0) is 14.7. The molecule has 0 fully saturated rings. The Labute approximate surface area is 114 Å². The monoisotopic (exact) mass is 275 g/mol. The van der Waals surface area contributed by atoms with Crippen LogP contribution in [0.5, 0.6) is 5.75 Å². The maximum Gasteiger partial charge on any atom is 0.337 e. The zero-order valence-corrected chi connectivity index (χ0v) is 10.9. The maximum absolute atomic E-state index is 12.1. The van der Waals surface area contributed by atoms with Gasteiger partial charge in [-0.2, -0.15) is 5.10 Å². The summed E-state index contributed by atoms with van der Waals surface area (Å²) in [5.74, 6) is -1.12. The molecule has 0 atom stereocenters. The van der Waals surface area contributed by atoms with Crippen molar-refractivity contribution in [3.63, 3.8) is 0 Å². The normalized spacial score (nSPS) is 10.1. The Balaban J connectivity index is 2.34. The van der Waals surface area contributed by atoms with Crippen LogP contribution in [0.1, 0.15) is 26.4 Å². The molecule has 20 heavy (non-hydrogen) atoms. The van der Waals surface area contributed by atoms with Crippen molar-refractivity contribution in [2.24, 2.45) is 0 Å². The first-order chi connectivity index (χ1) is 9.52. The number of ether oxygens (including phenoxy) is 1. The Morgan fingerprint density at radius 2 is 2.10 bits per heavy atom. The second kappa shape index (κ2) is 5.43. The number of hydrogen-bond donors (Lipinski definition) is 3. The number of nitrogens with zero attached hydrogens (tertiary/aromatic N) is 1. The van der Waals surface area contributed by atoms with E-state index in [1.54, 1.807) is 6.92 Å². The second-order valence-corrected chi connectivity index (χ2v) is 4.08. The summed E-state index contributed by atoms with van der Waals surface area (Å²) in [6.45, 7) is 1.70. The Hall–Kier alpha value is -2.83. The van der Waals surface area contributed by atoms with Gasteiger partial charge in [0.15, 0.2) is 0 Å². The number of methoxy groups -OCH3 is 1. The molecule has 0 saturated carbocycles. The van der Waals surface area contributed by atoms with Gasteiger partial charge in [-0.1, -0.05) is 0 Å². The van der Waals surface area contributed by atoms with Crippen LogP contribution < -0.4 is 10.1 Å². The van der Waals surface area contributed by atoms with Crippen molar-refractivity contribution in [1.29, 1.82) is 0 Å². The zero-order valence-electron chi connectivity index (χ0n) is 10.9. The summed E-state index contributed by atoms with van der Waals surface area (Å²) in [5, 5.41) is 18.1. The third kappa shape index (κ3) is 2.61. The van der Waals surface area contributed by atoms with Crippen LogP contribution in [0.2, 0.25) is 0 Å². The number of rotatable bonds is 4. The minimum Gasteiger partial charge on any atom is -0.497 e. The van der Waals surface area contributed by atoms with Gasteiger partial charge in [-0.15, -0.1) is 0 Å². The van der Waals surface area contributed by atoms with Gasteiger partial charge in [-0.3, -0.25) is 9.89 Å². The number of aromatic nitrogens is 2. The third-order valence-corrected chi connectivity index (χ3v) is 2.78. The smallest absolute Gasteiger partial charge is 0.337 e. The van der Waals surface area contributed by atoms with Crippen molar-refractivity contribution in [3.8, 4) is 5.75 Å². The van der Waals surface area contributed by atoms with Crippen LogP contribution in [0.15, 0.2) is 24.4 Å². The summed E-state index contributed by atoms with van der Waals surface area (Å²) in [6.07, 6.45) is 1.38. The standard InChI is InChI=1S/C13H13N3O4/c1-7-10(6-14-16-7)12(17)15-11-5-8(20-2)3-4-9(11)13(18)19/h3-6H,1-2H3,(H,14,16)(H,15,17)(H,18,19). The highest BCUT2D eigenvalue weighted by molar-refractivity contribution is 6.08. The molecule has 7 heteroatoms. The third-order valence-electron chi connectivity index (χ3n) is 2.78. The molecule has 2 rings (SSSR count). The van der Waals surface area contributed by atoms with E-state index in [9.17, 15) is 9.59 Å². The number of carbonyl (C=O) groups is 2. The fourth-order valence-electron chi connectivity index (χ4n) is 1.71. The van der Waals surface area contributed by atoms with Gasteiger partial charge < -0.3 is 15.2 Å². The summed E-state index contributed by atoms with van der Waals surface area (Å²) in [6, 6.07) is 4.35. The molecule has 0 spiro atoms. The number of hydrogen-bond acceptors (Lipinski definition) is 4. The Morgan fingerprint density at radius 3 is 2.65 bits per heavy atom. The van der Waals surface area contributed by atoms with Gasteiger partial charge >= 0.3 is 5.97 Å². The van der Waals surface area contributed by atoms with Gasteiger partial charge in [0.25, 0.3) is 5.91 Å². The van der Waals surface area contributed by atoms with Crippen LogP contribution in [-0.4, -0.2) is 34.3 Å². The minimum absolute atomic E-state index is 0.0136. The number of benzene rings is 1. The molecule has 0 bridgehead atoms. The highest BCUT2D eigenvalue weighted by Gasteiger charge is 2.16. The molecule has 104 valence electrons. The van der Waals surface area contributed by atoms with Crippen molar-refractivity contribution < 1.29 is 19.4 Å². The lowest BCUT2D eigenvalue weighted by Crippen LogP contribution is -2.15. The minimum atomic E-state index is -1.13. The number of anilines is 1.